The molecule has 0 unspecified atom stereocenters. The number of carboxylic acid groups (broad SMARTS) is 1. The van der Waals surface area contributed by atoms with Crippen LogP contribution in [0.1, 0.15) is 37.3 Å². The summed E-state index contributed by atoms with van der Waals surface area (Å²) in [6.45, 7) is 5.71. The lowest BCUT2D eigenvalue weighted by molar-refractivity contribution is -0.119. The molecule has 1 heterocycles. The molecule has 2 aromatic rings. The fourth-order valence-corrected chi connectivity index (χ4v) is 3.58. The van der Waals surface area contributed by atoms with Crippen LogP contribution in [0.25, 0.3) is 0 Å². The average molecular weight is 396 g/mol. The summed E-state index contributed by atoms with van der Waals surface area (Å²) in [5, 5.41) is 13.9. The van der Waals surface area contributed by atoms with Crippen molar-refractivity contribution in [2.45, 2.75) is 39.7 Å². The van der Waals surface area contributed by atoms with Crippen molar-refractivity contribution in [2.24, 2.45) is 0 Å². The van der Waals surface area contributed by atoms with Gasteiger partial charge >= 0.3 is 6.09 Å². The van der Waals surface area contributed by atoms with Gasteiger partial charge in [0.15, 0.2) is 0 Å². The third kappa shape index (κ3) is 5.19. The first-order chi connectivity index (χ1) is 14.0. The summed E-state index contributed by atoms with van der Waals surface area (Å²) in [7, 11) is 0. The smallest absolute Gasteiger partial charge is 0.431 e. The van der Waals surface area contributed by atoms with E-state index in [9.17, 15) is 14.7 Å². The highest BCUT2D eigenvalue weighted by atomic mass is 16.4. The number of anilines is 3. The van der Waals surface area contributed by atoms with Gasteiger partial charge in [0, 0.05) is 26.6 Å². The topological polar surface area (TPSA) is 84.9 Å². The van der Waals surface area contributed by atoms with Crippen LogP contribution < -0.4 is 20.7 Å². The number of amides is 2. The second-order valence-corrected chi connectivity index (χ2v) is 7.33. The molecular formula is C22H28N4O3. The Balaban J connectivity index is 1.85. The van der Waals surface area contributed by atoms with Crippen LogP contribution in [-0.4, -0.2) is 30.2 Å². The molecule has 0 spiro atoms. The van der Waals surface area contributed by atoms with Gasteiger partial charge in [-0.2, -0.15) is 5.01 Å². The maximum Gasteiger partial charge on any atom is 0.431 e. The Labute approximate surface area is 171 Å². The zero-order valence-corrected chi connectivity index (χ0v) is 16.9. The number of rotatable bonds is 6. The number of hydrogen-bond acceptors (Lipinski definition) is 4. The molecule has 7 heteroatoms. The molecule has 0 bridgehead atoms. The van der Waals surface area contributed by atoms with Gasteiger partial charge in [0.2, 0.25) is 5.91 Å². The lowest BCUT2D eigenvalue weighted by atomic mass is 10.1. The number of carbonyl (C=O) groups excluding carboxylic acids is 1. The number of hydrazine groups is 1. The van der Waals surface area contributed by atoms with E-state index in [0.29, 0.717) is 17.9 Å². The summed E-state index contributed by atoms with van der Waals surface area (Å²) >= 11 is 0. The first-order valence-corrected chi connectivity index (χ1v) is 9.93. The van der Waals surface area contributed by atoms with Gasteiger partial charge < -0.3 is 15.3 Å². The van der Waals surface area contributed by atoms with Gasteiger partial charge in [0.1, 0.15) is 0 Å². The van der Waals surface area contributed by atoms with Gasteiger partial charge in [0.05, 0.1) is 17.1 Å². The Kier molecular flexibility index (Phi) is 6.59. The normalized spacial score (nSPS) is 13.7. The largest absolute Gasteiger partial charge is 0.463 e. The molecule has 0 aromatic heterocycles. The molecule has 1 fully saturated rings. The minimum absolute atomic E-state index is 0.0888. The predicted molar refractivity (Wildman–Crippen MR) is 115 cm³/mol. The highest BCUT2D eigenvalue weighted by Crippen LogP contribution is 2.35. The SMILES string of the molecule is CC(=O)NCc1ccc(NN(C(=O)O)c2c(C)cccc2N2CCCCC2)cc1. The van der Waals surface area contributed by atoms with Crippen molar-refractivity contribution in [1.29, 1.82) is 0 Å². The third-order valence-electron chi connectivity index (χ3n) is 5.06. The van der Waals surface area contributed by atoms with Crippen molar-refractivity contribution in [1.82, 2.24) is 5.32 Å². The maximum atomic E-state index is 12.1. The van der Waals surface area contributed by atoms with Crippen LogP contribution in [0.4, 0.5) is 21.9 Å². The molecule has 2 aromatic carbocycles. The zero-order chi connectivity index (χ0) is 20.8. The Morgan fingerprint density at radius 3 is 2.38 bits per heavy atom. The molecule has 3 N–H and O–H groups in total. The van der Waals surface area contributed by atoms with E-state index < -0.39 is 6.09 Å². The number of benzene rings is 2. The Hall–Kier alpha value is -3.22. The molecule has 0 saturated carbocycles. The van der Waals surface area contributed by atoms with Crippen LogP contribution in [0.3, 0.4) is 0 Å². The van der Waals surface area contributed by atoms with Crippen LogP contribution in [0.15, 0.2) is 42.5 Å². The summed E-state index contributed by atoms with van der Waals surface area (Å²) in [6.07, 6.45) is 2.37. The molecule has 29 heavy (non-hydrogen) atoms. The number of hydrogen-bond donors (Lipinski definition) is 3. The van der Waals surface area contributed by atoms with E-state index in [1.54, 1.807) is 0 Å². The molecule has 1 saturated heterocycles. The number of aryl methyl sites for hydroxylation is 1. The highest BCUT2D eigenvalue weighted by Gasteiger charge is 2.24. The number of para-hydroxylation sites is 1. The van der Waals surface area contributed by atoms with E-state index in [0.717, 1.165) is 42.7 Å². The van der Waals surface area contributed by atoms with E-state index in [1.165, 1.54) is 18.4 Å². The van der Waals surface area contributed by atoms with Crippen LogP contribution in [0.2, 0.25) is 0 Å². The first-order valence-electron chi connectivity index (χ1n) is 9.93. The second-order valence-electron chi connectivity index (χ2n) is 7.33. The average Bonchev–Trinajstić information content (AvgIpc) is 2.72. The fraction of sp³-hybridized carbons (Fsp3) is 0.364. The van der Waals surface area contributed by atoms with Crippen molar-refractivity contribution in [3.05, 3.63) is 53.6 Å². The van der Waals surface area contributed by atoms with Gasteiger partial charge in [0.25, 0.3) is 0 Å². The van der Waals surface area contributed by atoms with Crippen molar-refractivity contribution in [2.75, 3.05) is 28.4 Å². The molecule has 7 nitrogen and oxygen atoms in total. The number of nitrogens with zero attached hydrogens (tertiary/aromatic N) is 2. The summed E-state index contributed by atoms with van der Waals surface area (Å²) in [6, 6.07) is 13.2. The maximum absolute atomic E-state index is 12.1. The van der Waals surface area contributed by atoms with Crippen LogP contribution in [-0.2, 0) is 11.3 Å². The fourth-order valence-electron chi connectivity index (χ4n) is 3.58. The predicted octanol–water partition coefficient (Wildman–Crippen LogP) is 4.13. The molecule has 0 radical (unpaired) electrons. The Bertz CT molecular complexity index is 861. The van der Waals surface area contributed by atoms with Gasteiger partial charge in [-0.05, 0) is 55.5 Å². The number of nitrogens with one attached hydrogen (secondary N) is 2. The molecule has 1 aliphatic rings. The summed E-state index contributed by atoms with van der Waals surface area (Å²) in [5.41, 5.74) is 7.11. The number of piperidine rings is 1. The van der Waals surface area contributed by atoms with Crippen molar-refractivity contribution < 1.29 is 14.7 Å². The van der Waals surface area contributed by atoms with Crippen LogP contribution in [0.5, 0.6) is 0 Å². The molecule has 2 amide bonds. The first kappa shape index (κ1) is 20.5. The minimum atomic E-state index is -1.07. The highest BCUT2D eigenvalue weighted by molar-refractivity contribution is 5.94. The van der Waals surface area contributed by atoms with Crippen molar-refractivity contribution in [3.63, 3.8) is 0 Å². The van der Waals surface area contributed by atoms with Gasteiger partial charge in [-0.3, -0.25) is 10.2 Å². The van der Waals surface area contributed by atoms with E-state index in [1.807, 2.05) is 49.4 Å². The van der Waals surface area contributed by atoms with E-state index >= 15 is 0 Å². The second kappa shape index (κ2) is 9.32. The summed E-state index contributed by atoms with van der Waals surface area (Å²) in [5.74, 6) is -0.0888. The molecule has 154 valence electrons. The van der Waals surface area contributed by atoms with Crippen molar-refractivity contribution >= 4 is 29.1 Å². The number of carbonyl (C=O) groups is 2. The van der Waals surface area contributed by atoms with Gasteiger partial charge in [-0.25, -0.2) is 4.79 Å². The molecular weight excluding hydrogens is 368 g/mol. The zero-order valence-electron chi connectivity index (χ0n) is 16.9. The van der Waals surface area contributed by atoms with Crippen molar-refractivity contribution in [3.8, 4) is 0 Å². The van der Waals surface area contributed by atoms with E-state index in [-0.39, 0.29) is 5.91 Å². The lowest BCUT2D eigenvalue weighted by Crippen LogP contribution is -2.38. The quantitative estimate of drug-likeness (QED) is 0.639. The molecule has 0 atom stereocenters. The minimum Gasteiger partial charge on any atom is -0.463 e. The van der Waals surface area contributed by atoms with E-state index in [2.05, 4.69) is 15.6 Å². The summed E-state index contributed by atoms with van der Waals surface area (Å²) < 4.78 is 0. The lowest BCUT2D eigenvalue weighted by Gasteiger charge is -2.34. The molecule has 0 aliphatic carbocycles. The standard InChI is InChI=1S/C22H28N4O3/c1-16-7-6-8-20(25-13-4-3-5-14-25)21(16)26(22(28)29)24-19-11-9-18(10-12-19)15-23-17(2)27/h6-12,24H,3-5,13-15H2,1-2H3,(H,23,27)(H,28,29). The van der Waals surface area contributed by atoms with Crippen LogP contribution >= 0.6 is 0 Å². The molecule has 1 aliphatic heterocycles. The van der Waals surface area contributed by atoms with Crippen LogP contribution in [0, 0.1) is 6.92 Å². The Morgan fingerprint density at radius 1 is 1.07 bits per heavy atom. The van der Waals surface area contributed by atoms with Gasteiger partial charge in [-0.1, -0.05) is 24.3 Å². The Morgan fingerprint density at radius 2 is 1.76 bits per heavy atom. The molecule has 3 rings (SSSR count). The van der Waals surface area contributed by atoms with E-state index in [4.69, 9.17) is 0 Å². The van der Waals surface area contributed by atoms with Gasteiger partial charge in [-0.15, -0.1) is 0 Å². The third-order valence-corrected chi connectivity index (χ3v) is 5.06. The monoisotopic (exact) mass is 396 g/mol. The summed E-state index contributed by atoms with van der Waals surface area (Å²) in [4.78, 5) is 25.5.